The van der Waals surface area contributed by atoms with E-state index in [0.717, 1.165) is 24.2 Å². The third-order valence-electron chi connectivity index (χ3n) is 3.75. The number of aromatic nitrogens is 2. The average molecular weight is 287 g/mol. The van der Waals surface area contributed by atoms with Crippen molar-refractivity contribution in [3.63, 3.8) is 0 Å². The molecular weight excluding hydrogens is 258 g/mol. The van der Waals surface area contributed by atoms with Crippen LogP contribution in [0.5, 0.6) is 0 Å². The molecule has 0 saturated carbocycles. The first-order valence-electron chi connectivity index (χ1n) is 7.90. The third kappa shape index (κ3) is 3.85. The predicted molar refractivity (Wildman–Crippen MR) is 90.6 cm³/mol. The molecule has 2 rings (SSSR count). The van der Waals surface area contributed by atoms with Crippen molar-refractivity contribution in [2.24, 2.45) is 11.1 Å². The van der Waals surface area contributed by atoms with Crippen LogP contribution in [0.2, 0.25) is 0 Å². The maximum absolute atomic E-state index is 6.36. The lowest BCUT2D eigenvalue weighted by Gasteiger charge is -2.23. The van der Waals surface area contributed by atoms with Gasteiger partial charge in [0, 0.05) is 18.5 Å². The predicted octanol–water partition coefficient (Wildman–Crippen LogP) is 4.23. The molecule has 1 unspecified atom stereocenters. The lowest BCUT2D eigenvalue weighted by atomic mass is 9.87. The topological polar surface area (TPSA) is 43.8 Å². The highest BCUT2D eigenvalue weighted by molar-refractivity contribution is 5.77. The number of fused-ring (bicyclic) bond motifs is 1. The monoisotopic (exact) mass is 287 g/mol. The van der Waals surface area contributed by atoms with E-state index >= 15 is 0 Å². The zero-order valence-corrected chi connectivity index (χ0v) is 14.3. The van der Waals surface area contributed by atoms with E-state index in [1.54, 1.807) is 0 Å². The van der Waals surface area contributed by atoms with E-state index in [1.165, 1.54) is 11.1 Å². The lowest BCUT2D eigenvalue weighted by Crippen LogP contribution is -2.29. The quantitative estimate of drug-likeness (QED) is 0.914. The molecule has 0 aliphatic carbocycles. The highest BCUT2D eigenvalue weighted by Crippen LogP contribution is 2.25. The Morgan fingerprint density at radius 1 is 1.24 bits per heavy atom. The van der Waals surface area contributed by atoms with Gasteiger partial charge in [-0.05, 0) is 50.3 Å². The Morgan fingerprint density at radius 3 is 2.48 bits per heavy atom. The second kappa shape index (κ2) is 5.80. The van der Waals surface area contributed by atoms with Gasteiger partial charge in [0.15, 0.2) is 0 Å². The molecule has 0 saturated heterocycles. The summed E-state index contributed by atoms with van der Waals surface area (Å²) in [4.78, 5) is 4.85. The van der Waals surface area contributed by atoms with Crippen LogP contribution in [0.15, 0.2) is 18.2 Å². The first kappa shape index (κ1) is 16.0. The van der Waals surface area contributed by atoms with Crippen LogP contribution >= 0.6 is 0 Å². The van der Waals surface area contributed by atoms with Crippen molar-refractivity contribution >= 4 is 11.0 Å². The van der Waals surface area contributed by atoms with Crippen LogP contribution in [-0.4, -0.2) is 15.6 Å². The summed E-state index contributed by atoms with van der Waals surface area (Å²) in [6.07, 6.45) is 1.84. The van der Waals surface area contributed by atoms with Crippen LogP contribution in [0.1, 0.15) is 58.5 Å². The van der Waals surface area contributed by atoms with Gasteiger partial charge in [-0.15, -0.1) is 0 Å². The molecule has 3 heteroatoms. The number of benzene rings is 1. The number of hydrogen-bond donors (Lipinski definition) is 1. The van der Waals surface area contributed by atoms with Crippen molar-refractivity contribution in [2.45, 2.75) is 66.5 Å². The van der Waals surface area contributed by atoms with Gasteiger partial charge in [0.2, 0.25) is 0 Å². The SMILES string of the molecule is Cc1ccc2c(c1)nc(CC(N)CC(C)(C)C)n2C(C)C. The van der Waals surface area contributed by atoms with E-state index in [0.29, 0.717) is 6.04 Å². The summed E-state index contributed by atoms with van der Waals surface area (Å²) < 4.78 is 2.33. The van der Waals surface area contributed by atoms with Crippen LogP contribution < -0.4 is 5.73 Å². The molecule has 0 radical (unpaired) electrons. The summed E-state index contributed by atoms with van der Waals surface area (Å²) in [6.45, 7) is 13.2. The minimum atomic E-state index is 0.153. The van der Waals surface area contributed by atoms with Crippen molar-refractivity contribution < 1.29 is 0 Å². The lowest BCUT2D eigenvalue weighted by molar-refractivity contribution is 0.334. The fourth-order valence-electron chi connectivity index (χ4n) is 3.07. The van der Waals surface area contributed by atoms with E-state index in [-0.39, 0.29) is 11.5 Å². The molecule has 0 fully saturated rings. The third-order valence-corrected chi connectivity index (χ3v) is 3.75. The molecule has 1 heterocycles. The van der Waals surface area contributed by atoms with Gasteiger partial charge >= 0.3 is 0 Å². The van der Waals surface area contributed by atoms with E-state index in [1.807, 2.05) is 0 Å². The Bertz CT molecular complexity index is 617. The molecule has 21 heavy (non-hydrogen) atoms. The second-order valence-corrected chi connectivity index (χ2v) is 7.71. The van der Waals surface area contributed by atoms with Crippen LogP contribution in [0.25, 0.3) is 11.0 Å². The van der Waals surface area contributed by atoms with Gasteiger partial charge in [0.05, 0.1) is 11.0 Å². The molecule has 0 bridgehead atoms. The van der Waals surface area contributed by atoms with Crippen LogP contribution in [0.3, 0.4) is 0 Å². The van der Waals surface area contributed by atoms with Crippen molar-refractivity contribution in [2.75, 3.05) is 0 Å². The molecular formula is C18H29N3. The molecule has 116 valence electrons. The van der Waals surface area contributed by atoms with Gasteiger partial charge in [-0.2, -0.15) is 0 Å². The Kier molecular flexibility index (Phi) is 4.43. The number of nitrogens with zero attached hydrogens (tertiary/aromatic N) is 2. The van der Waals surface area contributed by atoms with Gasteiger partial charge in [0.25, 0.3) is 0 Å². The van der Waals surface area contributed by atoms with Crippen LogP contribution in [-0.2, 0) is 6.42 Å². The summed E-state index contributed by atoms with van der Waals surface area (Å²) in [5.41, 5.74) is 10.2. The zero-order valence-electron chi connectivity index (χ0n) is 14.3. The first-order valence-corrected chi connectivity index (χ1v) is 7.90. The number of rotatable bonds is 4. The highest BCUT2D eigenvalue weighted by Gasteiger charge is 2.20. The first-order chi connectivity index (χ1) is 9.67. The van der Waals surface area contributed by atoms with Crippen molar-refractivity contribution in [1.29, 1.82) is 0 Å². The van der Waals surface area contributed by atoms with Gasteiger partial charge in [-0.1, -0.05) is 26.8 Å². The van der Waals surface area contributed by atoms with E-state index in [2.05, 4.69) is 64.3 Å². The maximum atomic E-state index is 6.36. The summed E-state index contributed by atoms with van der Waals surface area (Å²) in [5.74, 6) is 1.11. The van der Waals surface area contributed by atoms with Crippen LogP contribution in [0.4, 0.5) is 0 Å². The summed E-state index contributed by atoms with van der Waals surface area (Å²) >= 11 is 0. The Labute approximate surface area is 128 Å². The smallest absolute Gasteiger partial charge is 0.111 e. The molecule has 0 amide bonds. The zero-order chi connectivity index (χ0) is 15.8. The number of nitrogens with two attached hydrogens (primary N) is 1. The second-order valence-electron chi connectivity index (χ2n) is 7.71. The number of imidazole rings is 1. The van der Waals surface area contributed by atoms with Crippen LogP contribution in [0, 0.1) is 12.3 Å². The van der Waals surface area contributed by atoms with Gasteiger partial charge < -0.3 is 10.3 Å². The molecule has 2 N–H and O–H groups in total. The molecule has 3 nitrogen and oxygen atoms in total. The molecule has 1 atom stereocenters. The van der Waals surface area contributed by atoms with Crippen molar-refractivity contribution in [3.05, 3.63) is 29.6 Å². The molecule has 0 spiro atoms. The van der Waals surface area contributed by atoms with Crippen molar-refractivity contribution in [1.82, 2.24) is 9.55 Å². The minimum absolute atomic E-state index is 0.153. The number of hydrogen-bond acceptors (Lipinski definition) is 2. The molecule has 1 aromatic carbocycles. The fourth-order valence-corrected chi connectivity index (χ4v) is 3.07. The average Bonchev–Trinajstić information content (AvgIpc) is 2.62. The Morgan fingerprint density at radius 2 is 1.90 bits per heavy atom. The maximum Gasteiger partial charge on any atom is 0.111 e. The minimum Gasteiger partial charge on any atom is -0.327 e. The summed E-state index contributed by atoms with van der Waals surface area (Å²) in [5, 5.41) is 0. The highest BCUT2D eigenvalue weighted by atomic mass is 15.1. The van der Waals surface area contributed by atoms with Crippen molar-refractivity contribution in [3.8, 4) is 0 Å². The van der Waals surface area contributed by atoms with Gasteiger partial charge in [0.1, 0.15) is 5.82 Å². The standard InChI is InChI=1S/C18H29N3/c1-12(2)21-16-8-7-13(3)9-15(16)20-17(21)10-14(19)11-18(4,5)6/h7-9,12,14H,10-11,19H2,1-6H3. The number of aryl methyl sites for hydroxylation is 1. The summed E-state index contributed by atoms with van der Waals surface area (Å²) in [6, 6.07) is 7.04. The molecule has 0 aliphatic heterocycles. The van der Waals surface area contributed by atoms with Gasteiger partial charge in [-0.25, -0.2) is 4.98 Å². The Balaban J connectivity index is 2.36. The molecule has 2 aromatic rings. The largest absolute Gasteiger partial charge is 0.327 e. The molecule has 0 aliphatic rings. The van der Waals surface area contributed by atoms with E-state index in [4.69, 9.17) is 10.7 Å². The fraction of sp³-hybridized carbons (Fsp3) is 0.611. The van der Waals surface area contributed by atoms with Gasteiger partial charge in [-0.3, -0.25) is 0 Å². The summed E-state index contributed by atoms with van der Waals surface area (Å²) in [7, 11) is 0. The normalized spacial score (nSPS) is 14.1. The van der Waals surface area contributed by atoms with E-state index < -0.39 is 0 Å². The van der Waals surface area contributed by atoms with E-state index in [9.17, 15) is 0 Å². The Hall–Kier alpha value is -1.35. The molecule has 1 aromatic heterocycles.